The molecule has 0 fully saturated rings. The number of hydrogen-bond acceptors (Lipinski definition) is 4. The minimum absolute atomic E-state index is 0.0249. The fraction of sp³-hybridized carbons (Fsp3) is 0.368. The first-order valence-corrected chi connectivity index (χ1v) is 9.42. The molecule has 2 amide bonds. The van der Waals surface area contributed by atoms with E-state index in [4.69, 9.17) is 0 Å². The Morgan fingerprint density at radius 2 is 1.96 bits per heavy atom. The highest BCUT2D eigenvalue weighted by Gasteiger charge is 2.08. The first-order valence-electron chi connectivity index (χ1n) is 8.54. The number of carbonyl (C=O) groups excluding carboxylic acids is 2. The van der Waals surface area contributed by atoms with Crippen LogP contribution in [0.2, 0.25) is 0 Å². The molecule has 2 aromatic rings. The van der Waals surface area contributed by atoms with Crippen LogP contribution in [0, 0.1) is 0 Å². The lowest BCUT2D eigenvalue weighted by Gasteiger charge is -2.08. The van der Waals surface area contributed by atoms with Crippen molar-refractivity contribution in [3.8, 4) is 0 Å². The maximum atomic E-state index is 12.1. The van der Waals surface area contributed by atoms with E-state index in [1.54, 1.807) is 35.6 Å². The molecule has 3 N–H and O–H groups in total. The molecule has 5 nitrogen and oxygen atoms in total. The fourth-order valence-corrected chi connectivity index (χ4v) is 3.16. The maximum absolute atomic E-state index is 12.1. The molecule has 0 saturated heterocycles. The van der Waals surface area contributed by atoms with E-state index in [0.717, 1.165) is 25.8 Å². The predicted octanol–water partition coefficient (Wildman–Crippen LogP) is 3.05. The number of amides is 2. The Labute approximate surface area is 152 Å². The van der Waals surface area contributed by atoms with Gasteiger partial charge in [0.1, 0.15) is 0 Å². The number of rotatable bonds is 10. The van der Waals surface area contributed by atoms with Crippen molar-refractivity contribution in [2.75, 3.05) is 25.5 Å². The van der Waals surface area contributed by atoms with Crippen molar-refractivity contribution in [1.29, 1.82) is 0 Å². The first kappa shape index (κ1) is 19.1. The Morgan fingerprint density at radius 1 is 1.08 bits per heavy atom. The summed E-state index contributed by atoms with van der Waals surface area (Å²) in [5.41, 5.74) is 1.21. The summed E-state index contributed by atoms with van der Waals surface area (Å²) >= 11 is 1.71. The number of nitrogens with one attached hydrogen (secondary N) is 3. The van der Waals surface area contributed by atoms with Gasteiger partial charge in [-0.05, 0) is 62.5 Å². The lowest BCUT2D eigenvalue weighted by Crippen LogP contribution is -2.26. The van der Waals surface area contributed by atoms with Crippen LogP contribution in [-0.2, 0) is 11.2 Å². The largest absolute Gasteiger partial charge is 0.352 e. The molecule has 25 heavy (non-hydrogen) atoms. The average molecular weight is 359 g/mol. The van der Waals surface area contributed by atoms with E-state index in [1.165, 1.54) is 4.88 Å². The Bertz CT molecular complexity index is 671. The molecular weight excluding hydrogens is 334 g/mol. The quantitative estimate of drug-likeness (QED) is 0.571. The zero-order valence-electron chi connectivity index (χ0n) is 14.5. The molecule has 0 aliphatic rings. The van der Waals surface area contributed by atoms with Gasteiger partial charge in [0.2, 0.25) is 5.91 Å². The van der Waals surface area contributed by atoms with Crippen LogP contribution in [0.4, 0.5) is 5.69 Å². The Balaban J connectivity index is 1.77. The molecular formula is C19H25N3O2S. The SMILES string of the molecule is CNCCCNC(=O)c1cccc(NC(=O)CCCc2cccs2)c1. The van der Waals surface area contributed by atoms with Gasteiger partial charge in [-0.1, -0.05) is 12.1 Å². The van der Waals surface area contributed by atoms with E-state index in [1.807, 2.05) is 18.5 Å². The van der Waals surface area contributed by atoms with Gasteiger partial charge in [0.15, 0.2) is 0 Å². The monoisotopic (exact) mass is 359 g/mol. The fourth-order valence-electron chi connectivity index (χ4n) is 2.41. The standard InChI is InChI=1S/C19H25N3O2S/c1-20-11-5-12-21-19(24)15-6-2-7-16(14-15)22-18(23)10-3-8-17-9-4-13-25-17/h2,4,6-7,9,13-14,20H,3,5,8,10-12H2,1H3,(H,21,24)(H,22,23). The minimum atomic E-state index is -0.120. The Morgan fingerprint density at radius 3 is 2.72 bits per heavy atom. The van der Waals surface area contributed by atoms with E-state index in [0.29, 0.717) is 24.2 Å². The van der Waals surface area contributed by atoms with Crippen LogP contribution in [0.5, 0.6) is 0 Å². The molecule has 0 atom stereocenters. The normalized spacial score (nSPS) is 10.4. The average Bonchev–Trinajstić information content (AvgIpc) is 3.12. The smallest absolute Gasteiger partial charge is 0.251 e. The molecule has 0 aliphatic heterocycles. The molecule has 1 aromatic heterocycles. The summed E-state index contributed by atoms with van der Waals surface area (Å²) < 4.78 is 0. The number of carbonyl (C=O) groups is 2. The Kier molecular flexibility index (Phi) is 8.15. The molecule has 0 saturated carbocycles. The summed E-state index contributed by atoms with van der Waals surface area (Å²) in [7, 11) is 1.88. The van der Waals surface area contributed by atoms with Crippen LogP contribution in [0.15, 0.2) is 41.8 Å². The number of thiophene rings is 1. The molecule has 0 aliphatic carbocycles. The second kappa shape index (κ2) is 10.6. The predicted molar refractivity (Wildman–Crippen MR) is 103 cm³/mol. The third kappa shape index (κ3) is 7.07. The van der Waals surface area contributed by atoms with Crippen molar-refractivity contribution in [2.24, 2.45) is 0 Å². The molecule has 0 bridgehead atoms. The topological polar surface area (TPSA) is 70.2 Å². The van der Waals surface area contributed by atoms with Crippen molar-refractivity contribution in [3.63, 3.8) is 0 Å². The van der Waals surface area contributed by atoms with Crippen LogP contribution < -0.4 is 16.0 Å². The highest BCUT2D eigenvalue weighted by molar-refractivity contribution is 7.09. The molecule has 2 rings (SSSR count). The summed E-state index contributed by atoms with van der Waals surface area (Å²) in [6.45, 7) is 1.49. The number of anilines is 1. The molecule has 1 heterocycles. The van der Waals surface area contributed by atoms with E-state index in [9.17, 15) is 9.59 Å². The van der Waals surface area contributed by atoms with Gasteiger partial charge in [-0.2, -0.15) is 0 Å². The minimum Gasteiger partial charge on any atom is -0.352 e. The lowest BCUT2D eigenvalue weighted by molar-refractivity contribution is -0.116. The van der Waals surface area contributed by atoms with Crippen LogP contribution in [0.1, 0.15) is 34.5 Å². The van der Waals surface area contributed by atoms with Crippen molar-refractivity contribution in [2.45, 2.75) is 25.7 Å². The van der Waals surface area contributed by atoms with E-state index in [2.05, 4.69) is 22.0 Å². The number of hydrogen-bond donors (Lipinski definition) is 3. The molecule has 6 heteroatoms. The maximum Gasteiger partial charge on any atom is 0.251 e. The summed E-state index contributed by atoms with van der Waals surface area (Å²) in [5, 5.41) is 10.8. The highest BCUT2D eigenvalue weighted by atomic mass is 32.1. The third-order valence-corrected chi connectivity index (χ3v) is 4.64. The molecule has 0 spiro atoms. The molecule has 134 valence electrons. The lowest BCUT2D eigenvalue weighted by atomic mass is 10.1. The van der Waals surface area contributed by atoms with Crippen molar-refractivity contribution in [3.05, 3.63) is 52.2 Å². The molecule has 0 unspecified atom stereocenters. The van der Waals surface area contributed by atoms with Gasteiger partial charge >= 0.3 is 0 Å². The second-order valence-electron chi connectivity index (χ2n) is 5.77. The zero-order valence-corrected chi connectivity index (χ0v) is 15.3. The van der Waals surface area contributed by atoms with Gasteiger partial charge in [0.25, 0.3) is 5.91 Å². The van der Waals surface area contributed by atoms with Gasteiger partial charge in [0.05, 0.1) is 0 Å². The van der Waals surface area contributed by atoms with Crippen LogP contribution >= 0.6 is 11.3 Å². The molecule has 1 aromatic carbocycles. The van der Waals surface area contributed by atoms with Crippen molar-refractivity contribution in [1.82, 2.24) is 10.6 Å². The second-order valence-corrected chi connectivity index (χ2v) is 6.81. The van der Waals surface area contributed by atoms with Gasteiger partial charge < -0.3 is 16.0 Å². The molecule has 0 radical (unpaired) electrons. The summed E-state index contributed by atoms with van der Waals surface area (Å²) in [6.07, 6.45) is 3.08. The zero-order chi connectivity index (χ0) is 17.9. The van der Waals surface area contributed by atoms with E-state index >= 15 is 0 Å². The van der Waals surface area contributed by atoms with Gasteiger partial charge in [0, 0.05) is 29.1 Å². The van der Waals surface area contributed by atoms with E-state index < -0.39 is 0 Å². The van der Waals surface area contributed by atoms with Crippen molar-refractivity contribution < 1.29 is 9.59 Å². The number of benzene rings is 1. The Hall–Kier alpha value is -2.18. The highest BCUT2D eigenvalue weighted by Crippen LogP contribution is 2.14. The van der Waals surface area contributed by atoms with Crippen LogP contribution in [-0.4, -0.2) is 32.0 Å². The summed E-state index contributed by atoms with van der Waals surface area (Å²) in [4.78, 5) is 25.5. The first-order chi connectivity index (χ1) is 12.2. The number of aryl methyl sites for hydroxylation is 1. The van der Waals surface area contributed by atoms with Crippen molar-refractivity contribution >= 4 is 28.8 Å². The van der Waals surface area contributed by atoms with Crippen LogP contribution in [0.25, 0.3) is 0 Å². The van der Waals surface area contributed by atoms with E-state index in [-0.39, 0.29) is 11.8 Å². The summed E-state index contributed by atoms with van der Waals surface area (Å²) in [6, 6.07) is 11.2. The summed E-state index contributed by atoms with van der Waals surface area (Å²) in [5.74, 6) is -0.145. The third-order valence-electron chi connectivity index (χ3n) is 3.70. The van der Waals surface area contributed by atoms with Gasteiger partial charge in [-0.25, -0.2) is 0 Å². The van der Waals surface area contributed by atoms with Crippen LogP contribution in [0.3, 0.4) is 0 Å². The van der Waals surface area contributed by atoms with Gasteiger partial charge in [-0.3, -0.25) is 9.59 Å². The van der Waals surface area contributed by atoms with Gasteiger partial charge in [-0.15, -0.1) is 11.3 Å².